The number of phenolic OH excluding ortho intramolecular Hbond substituents is 1. The number of hydrogen-bond donors (Lipinski definition) is 2. The van der Waals surface area contributed by atoms with Crippen molar-refractivity contribution in [3.63, 3.8) is 0 Å². The summed E-state index contributed by atoms with van der Waals surface area (Å²) in [5.41, 5.74) is 0.904. The average Bonchev–Trinajstić information content (AvgIpc) is 2.83. The highest BCUT2D eigenvalue weighted by molar-refractivity contribution is 5.96. The van der Waals surface area contributed by atoms with Crippen molar-refractivity contribution in [2.24, 2.45) is 0 Å². The number of aryl methyl sites for hydroxylation is 1. The molecule has 0 aliphatic heterocycles. The molecule has 0 bridgehead atoms. The predicted octanol–water partition coefficient (Wildman–Crippen LogP) is 1.68. The zero-order chi connectivity index (χ0) is 13.8. The molecule has 1 heterocycles. The third-order valence-electron chi connectivity index (χ3n) is 2.77. The van der Waals surface area contributed by atoms with Crippen LogP contribution in [0.5, 0.6) is 5.75 Å². The number of imidazole rings is 1. The van der Waals surface area contributed by atoms with Crippen molar-refractivity contribution in [3.05, 3.63) is 47.8 Å². The van der Waals surface area contributed by atoms with E-state index < -0.39 is 11.7 Å². The second-order valence-electron chi connectivity index (χ2n) is 4.02. The monoisotopic (exact) mass is 263 g/mol. The third-order valence-corrected chi connectivity index (χ3v) is 2.77. The van der Waals surface area contributed by atoms with E-state index in [0.29, 0.717) is 6.54 Å². The van der Waals surface area contributed by atoms with Crippen LogP contribution in [0.4, 0.5) is 4.39 Å². The molecule has 19 heavy (non-hydrogen) atoms. The molecule has 0 fully saturated rings. The van der Waals surface area contributed by atoms with Crippen molar-refractivity contribution >= 4 is 5.91 Å². The van der Waals surface area contributed by atoms with Crippen molar-refractivity contribution in [2.75, 3.05) is 0 Å². The van der Waals surface area contributed by atoms with Gasteiger partial charge in [-0.25, -0.2) is 9.37 Å². The van der Waals surface area contributed by atoms with Gasteiger partial charge >= 0.3 is 0 Å². The lowest BCUT2D eigenvalue weighted by molar-refractivity contribution is 0.0947. The van der Waals surface area contributed by atoms with Gasteiger partial charge in [-0.1, -0.05) is 0 Å². The van der Waals surface area contributed by atoms with Crippen LogP contribution in [0.1, 0.15) is 23.0 Å². The van der Waals surface area contributed by atoms with Gasteiger partial charge in [0.25, 0.3) is 5.91 Å². The number of carbonyl (C=O) groups excluding carboxylic acids is 1. The molecule has 0 atom stereocenters. The van der Waals surface area contributed by atoms with Gasteiger partial charge < -0.3 is 15.0 Å². The number of nitrogens with one attached hydrogen (secondary N) is 1. The van der Waals surface area contributed by atoms with Gasteiger partial charge in [0.15, 0.2) is 0 Å². The van der Waals surface area contributed by atoms with Gasteiger partial charge in [-0.3, -0.25) is 4.79 Å². The van der Waals surface area contributed by atoms with Gasteiger partial charge in [0.2, 0.25) is 0 Å². The fourth-order valence-corrected chi connectivity index (χ4v) is 1.74. The second-order valence-corrected chi connectivity index (χ2v) is 4.02. The fraction of sp³-hybridized carbons (Fsp3) is 0.231. The molecule has 100 valence electrons. The Hall–Kier alpha value is -2.37. The molecule has 0 saturated carbocycles. The van der Waals surface area contributed by atoms with E-state index in [2.05, 4.69) is 10.3 Å². The van der Waals surface area contributed by atoms with Crippen molar-refractivity contribution in [2.45, 2.75) is 20.0 Å². The SMILES string of the molecule is CCn1cncc1CNC(=O)c1ccc(F)cc1O. The Morgan fingerprint density at radius 3 is 3.00 bits per heavy atom. The first kappa shape index (κ1) is 13.1. The number of aromatic nitrogens is 2. The summed E-state index contributed by atoms with van der Waals surface area (Å²) in [6, 6.07) is 3.28. The van der Waals surface area contributed by atoms with Crippen molar-refractivity contribution in [1.29, 1.82) is 0 Å². The number of amides is 1. The predicted molar refractivity (Wildman–Crippen MR) is 67.1 cm³/mol. The summed E-state index contributed by atoms with van der Waals surface area (Å²) >= 11 is 0. The second kappa shape index (κ2) is 5.51. The molecule has 0 spiro atoms. The largest absolute Gasteiger partial charge is 0.507 e. The standard InChI is InChI=1S/C13H14FN3O2/c1-2-17-8-15-6-10(17)7-16-13(19)11-4-3-9(14)5-12(11)18/h3-6,8,18H,2,7H2,1H3,(H,16,19). The summed E-state index contributed by atoms with van der Waals surface area (Å²) in [6.07, 6.45) is 3.34. The Morgan fingerprint density at radius 1 is 1.53 bits per heavy atom. The molecule has 0 aliphatic rings. The van der Waals surface area contributed by atoms with E-state index in [0.717, 1.165) is 24.4 Å². The smallest absolute Gasteiger partial charge is 0.255 e. The zero-order valence-electron chi connectivity index (χ0n) is 10.4. The molecule has 0 aliphatic carbocycles. The van der Waals surface area contributed by atoms with Crippen molar-refractivity contribution in [1.82, 2.24) is 14.9 Å². The summed E-state index contributed by atoms with van der Waals surface area (Å²) in [5.74, 6) is -1.42. The van der Waals surface area contributed by atoms with E-state index in [1.54, 1.807) is 12.5 Å². The first-order chi connectivity index (χ1) is 9.11. The normalized spacial score (nSPS) is 10.4. The molecule has 0 saturated heterocycles. The van der Waals surface area contributed by atoms with Gasteiger partial charge in [0, 0.05) is 18.8 Å². The minimum absolute atomic E-state index is 0.0453. The molecule has 2 N–H and O–H groups in total. The van der Waals surface area contributed by atoms with E-state index in [-0.39, 0.29) is 11.3 Å². The topological polar surface area (TPSA) is 67.2 Å². The van der Waals surface area contributed by atoms with Gasteiger partial charge in [0.1, 0.15) is 11.6 Å². The molecule has 6 heteroatoms. The highest BCUT2D eigenvalue weighted by Gasteiger charge is 2.12. The molecular weight excluding hydrogens is 249 g/mol. The van der Waals surface area contributed by atoms with Crippen LogP contribution in [0, 0.1) is 5.82 Å². The van der Waals surface area contributed by atoms with E-state index in [1.807, 2.05) is 11.5 Å². The number of halogens is 1. The number of rotatable bonds is 4. The zero-order valence-corrected chi connectivity index (χ0v) is 10.4. The van der Waals surface area contributed by atoms with E-state index in [9.17, 15) is 14.3 Å². The van der Waals surface area contributed by atoms with E-state index in [4.69, 9.17) is 0 Å². The Bertz CT molecular complexity index is 595. The lowest BCUT2D eigenvalue weighted by atomic mass is 10.2. The first-order valence-electron chi connectivity index (χ1n) is 5.87. The summed E-state index contributed by atoms with van der Waals surface area (Å²) in [6.45, 7) is 3.02. The van der Waals surface area contributed by atoms with Gasteiger partial charge in [-0.2, -0.15) is 0 Å². The molecule has 1 aromatic carbocycles. The summed E-state index contributed by atoms with van der Waals surface area (Å²) in [5, 5.41) is 12.2. The first-order valence-corrected chi connectivity index (χ1v) is 5.87. The number of hydrogen-bond acceptors (Lipinski definition) is 3. The van der Waals surface area contributed by atoms with Crippen LogP contribution in [0.15, 0.2) is 30.7 Å². The maximum atomic E-state index is 12.8. The minimum Gasteiger partial charge on any atom is -0.507 e. The molecule has 0 unspecified atom stereocenters. The molecule has 1 aromatic heterocycles. The van der Waals surface area contributed by atoms with E-state index in [1.165, 1.54) is 6.07 Å². The minimum atomic E-state index is -0.585. The van der Waals surface area contributed by atoms with Crippen molar-refractivity contribution < 1.29 is 14.3 Å². The summed E-state index contributed by atoms with van der Waals surface area (Å²) in [7, 11) is 0. The maximum Gasteiger partial charge on any atom is 0.255 e. The molecular formula is C13H14FN3O2. The third kappa shape index (κ3) is 2.90. The lowest BCUT2D eigenvalue weighted by Crippen LogP contribution is -2.24. The summed E-state index contributed by atoms with van der Waals surface area (Å²) in [4.78, 5) is 15.8. The van der Waals surface area contributed by atoms with Crippen molar-refractivity contribution in [3.8, 4) is 5.75 Å². The van der Waals surface area contributed by atoms with Crippen LogP contribution in [0.25, 0.3) is 0 Å². The van der Waals surface area contributed by atoms with Crippen LogP contribution in [-0.4, -0.2) is 20.6 Å². The fourth-order valence-electron chi connectivity index (χ4n) is 1.74. The molecule has 1 amide bonds. The highest BCUT2D eigenvalue weighted by atomic mass is 19.1. The number of benzene rings is 1. The van der Waals surface area contributed by atoms with Crippen LogP contribution in [0.3, 0.4) is 0 Å². The molecule has 2 rings (SSSR count). The molecule has 0 radical (unpaired) electrons. The van der Waals surface area contributed by atoms with Gasteiger partial charge in [-0.05, 0) is 19.1 Å². The quantitative estimate of drug-likeness (QED) is 0.881. The average molecular weight is 263 g/mol. The molecule has 2 aromatic rings. The number of aromatic hydroxyl groups is 1. The number of carbonyl (C=O) groups is 1. The van der Waals surface area contributed by atoms with Crippen LogP contribution in [-0.2, 0) is 13.1 Å². The number of nitrogens with zero attached hydrogens (tertiary/aromatic N) is 2. The van der Waals surface area contributed by atoms with Crippen LogP contribution in [0.2, 0.25) is 0 Å². The highest BCUT2D eigenvalue weighted by Crippen LogP contribution is 2.17. The van der Waals surface area contributed by atoms with E-state index >= 15 is 0 Å². The summed E-state index contributed by atoms with van der Waals surface area (Å²) < 4.78 is 14.7. The maximum absolute atomic E-state index is 12.8. The van der Waals surface area contributed by atoms with Gasteiger partial charge in [0.05, 0.1) is 24.1 Å². The lowest BCUT2D eigenvalue weighted by Gasteiger charge is -2.08. The Kier molecular flexibility index (Phi) is 3.79. The Labute approximate surface area is 109 Å². The number of phenols is 1. The Balaban J connectivity index is 2.05. The molecule has 5 nitrogen and oxygen atoms in total. The van der Waals surface area contributed by atoms with Crippen LogP contribution < -0.4 is 5.32 Å². The van der Waals surface area contributed by atoms with Crippen LogP contribution >= 0.6 is 0 Å². The van der Waals surface area contributed by atoms with Gasteiger partial charge in [-0.15, -0.1) is 0 Å². The Morgan fingerprint density at radius 2 is 2.32 bits per heavy atom.